The van der Waals surface area contributed by atoms with Crippen LogP contribution in [0.5, 0.6) is 0 Å². The summed E-state index contributed by atoms with van der Waals surface area (Å²) in [5.41, 5.74) is 3.35. The van der Waals surface area contributed by atoms with Crippen molar-refractivity contribution in [1.29, 1.82) is 0 Å². The number of aromatic nitrogens is 5. The Balaban J connectivity index is 1.30. The second kappa shape index (κ2) is 9.69. The number of amides is 1. The van der Waals surface area contributed by atoms with E-state index in [2.05, 4.69) is 25.5 Å². The summed E-state index contributed by atoms with van der Waals surface area (Å²) in [5.74, 6) is 0.430. The van der Waals surface area contributed by atoms with Gasteiger partial charge in [-0.25, -0.2) is 0 Å². The van der Waals surface area contributed by atoms with E-state index in [1.807, 2.05) is 37.3 Å². The van der Waals surface area contributed by atoms with E-state index >= 15 is 0 Å². The SMILES string of the molecule is Cc1[nH]nc(NC(=O)CCCCCn2c(=S)[nH]c3ccccc3c2=O)c1-c1ccncc1. The number of hydrogen-bond donors (Lipinski definition) is 3. The number of carbonyl (C=O) groups is 1. The number of H-pyrrole nitrogens is 2. The van der Waals surface area contributed by atoms with E-state index in [0.29, 0.717) is 35.4 Å². The molecule has 1 aromatic carbocycles. The minimum absolute atomic E-state index is 0.0837. The van der Waals surface area contributed by atoms with E-state index in [1.165, 1.54) is 0 Å². The van der Waals surface area contributed by atoms with E-state index in [1.54, 1.807) is 23.0 Å². The molecule has 0 saturated heterocycles. The zero-order valence-corrected chi connectivity index (χ0v) is 18.5. The van der Waals surface area contributed by atoms with Gasteiger partial charge in [0.2, 0.25) is 5.91 Å². The van der Waals surface area contributed by atoms with Crippen LogP contribution in [-0.4, -0.2) is 30.6 Å². The highest BCUT2D eigenvalue weighted by Gasteiger charge is 2.14. The number of carbonyl (C=O) groups excluding carboxylic acids is 1. The fourth-order valence-corrected chi connectivity index (χ4v) is 4.00. The summed E-state index contributed by atoms with van der Waals surface area (Å²) in [5, 5.41) is 10.7. The lowest BCUT2D eigenvalue weighted by Crippen LogP contribution is -2.22. The molecular formula is C23H24N6O2S. The Bertz CT molecular complexity index is 1360. The molecule has 164 valence electrons. The minimum atomic E-state index is -0.0908. The summed E-state index contributed by atoms with van der Waals surface area (Å²) >= 11 is 5.34. The standard InChI is InChI=1S/C23H24N6O2S/c1-15-20(16-10-12-24-13-11-16)21(28-27-15)26-19(30)9-3-2-6-14-29-22(31)17-7-4-5-8-18(17)25-23(29)32/h4-5,7-8,10-13H,2-3,6,9,14H2,1H3,(H,25,32)(H2,26,27,28,30). The topological polar surface area (TPSA) is 108 Å². The largest absolute Gasteiger partial charge is 0.332 e. The number of benzene rings is 1. The molecule has 0 unspecified atom stereocenters. The van der Waals surface area contributed by atoms with Crippen molar-refractivity contribution < 1.29 is 4.79 Å². The van der Waals surface area contributed by atoms with Crippen LogP contribution < -0.4 is 10.9 Å². The Morgan fingerprint density at radius 3 is 2.72 bits per heavy atom. The molecule has 9 heteroatoms. The number of aromatic amines is 2. The average Bonchev–Trinajstić information content (AvgIpc) is 3.15. The number of para-hydroxylation sites is 1. The fraction of sp³-hybridized carbons (Fsp3) is 0.261. The van der Waals surface area contributed by atoms with Crippen LogP contribution in [0, 0.1) is 11.7 Å². The third-order valence-electron chi connectivity index (χ3n) is 5.35. The molecule has 0 fully saturated rings. The van der Waals surface area contributed by atoms with Gasteiger partial charge in [-0.2, -0.15) is 5.10 Å². The molecule has 0 saturated carbocycles. The van der Waals surface area contributed by atoms with Crippen LogP contribution in [0.2, 0.25) is 0 Å². The number of hydrogen-bond acceptors (Lipinski definition) is 5. The highest BCUT2D eigenvalue weighted by molar-refractivity contribution is 7.71. The van der Waals surface area contributed by atoms with E-state index in [-0.39, 0.29) is 11.5 Å². The average molecular weight is 449 g/mol. The van der Waals surface area contributed by atoms with E-state index in [4.69, 9.17) is 12.2 Å². The first-order valence-corrected chi connectivity index (χ1v) is 10.9. The molecule has 3 heterocycles. The maximum atomic E-state index is 12.7. The zero-order chi connectivity index (χ0) is 22.5. The van der Waals surface area contributed by atoms with Crippen molar-refractivity contribution in [2.75, 3.05) is 5.32 Å². The molecular weight excluding hydrogens is 424 g/mol. The van der Waals surface area contributed by atoms with Gasteiger partial charge >= 0.3 is 0 Å². The van der Waals surface area contributed by atoms with Gasteiger partial charge in [0, 0.05) is 36.6 Å². The van der Waals surface area contributed by atoms with Crippen molar-refractivity contribution in [1.82, 2.24) is 24.7 Å². The molecule has 3 N–H and O–H groups in total. The lowest BCUT2D eigenvalue weighted by molar-refractivity contribution is -0.116. The maximum Gasteiger partial charge on any atom is 0.262 e. The first-order valence-electron chi connectivity index (χ1n) is 10.5. The molecule has 0 spiro atoms. The molecule has 0 aliphatic heterocycles. The van der Waals surface area contributed by atoms with E-state index in [0.717, 1.165) is 35.2 Å². The normalized spacial score (nSPS) is 11.0. The molecule has 3 aromatic heterocycles. The number of anilines is 1. The third-order valence-corrected chi connectivity index (χ3v) is 5.67. The summed E-state index contributed by atoms with van der Waals surface area (Å²) < 4.78 is 2.01. The number of nitrogens with zero attached hydrogens (tertiary/aromatic N) is 3. The number of rotatable bonds is 8. The Morgan fingerprint density at radius 2 is 1.91 bits per heavy atom. The van der Waals surface area contributed by atoms with Crippen molar-refractivity contribution in [3.8, 4) is 11.1 Å². The second-order valence-electron chi connectivity index (χ2n) is 7.60. The van der Waals surface area contributed by atoms with Crippen LogP contribution in [0.25, 0.3) is 22.0 Å². The number of aryl methyl sites for hydroxylation is 1. The number of nitrogens with one attached hydrogen (secondary N) is 3. The zero-order valence-electron chi connectivity index (χ0n) is 17.7. The van der Waals surface area contributed by atoms with Gasteiger partial charge in [0.1, 0.15) is 0 Å². The fourth-order valence-electron chi connectivity index (χ4n) is 3.72. The van der Waals surface area contributed by atoms with Crippen molar-refractivity contribution in [2.24, 2.45) is 0 Å². The van der Waals surface area contributed by atoms with E-state index < -0.39 is 0 Å². The van der Waals surface area contributed by atoms with Gasteiger partial charge in [-0.15, -0.1) is 0 Å². The summed E-state index contributed by atoms with van der Waals surface area (Å²) in [6.45, 7) is 2.43. The van der Waals surface area contributed by atoms with Crippen molar-refractivity contribution >= 4 is 34.8 Å². The lowest BCUT2D eigenvalue weighted by Gasteiger charge is -2.08. The Hall–Kier alpha value is -3.59. The smallest absolute Gasteiger partial charge is 0.262 e. The first kappa shape index (κ1) is 21.6. The molecule has 4 aromatic rings. The number of pyridine rings is 1. The molecule has 0 radical (unpaired) electrons. The maximum absolute atomic E-state index is 12.7. The number of fused-ring (bicyclic) bond motifs is 1. The van der Waals surface area contributed by atoms with Gasteiger partial charge in [0.25, 0.3) is 5.56 Å². The van der Waals surface area contributed by atoms with Crippen LogP contribution in [0.4, 0.5) is 5.82 Å². The summed E-state index contributed by atoms with van der Waals surface area (Å²) in [6, 6.07) is 11.1. The molecule has 0 aliphatic carbocycles. The highest BCUT2D eigenvalue weighted by atomic mass is 32.1. The second-order valence-corrected chi connectivity index (χ2v) is 7.99. The monoisotopic (exact) mass is 448 g/mol. The van der Waals surface area contributed by atoms with Crippen LogP contribution in [0.3, 0.4) is 0 Å². The Morgan fingerprint density at radius 1 is 1.12 bits per heavy atom. The van der Waals surface area contributed by atoms with Crippen molar-refractivity contribution in [3.05, 3.63) is 69.6 Å². The third kappa shape index (κ3) is 4.67. The highest BCUT2D eigenvalue weighted by Crippen LogP contribution is 2.28. The minimum Gasteiger partial charge on any atom is -0.332 e. The van der Waals surface area contributed by atoms with Gasteiger partial charge in [0.05, 0.1) is 10.9 Å². The van der Waals surface area contributed by atoms with Crippen molar-refractivity contribution in [3.63, 3.8) is 0 Å². The van der Waals surface area contributed by atoms with Gasteiger partial charge in [-0.1, -0.05) is 18.6 Å². The predicted octanol–water partition coefficient (Wildman–Crippen LogP) is 4.35. The molecule has 32 heavy (non-hydrogen) atoms. The summed E-state index contributed by atoms with van der Waals surface area (Å²) in [4.78, 5) is 32.3. The molecule has 4 rings (SSSR count). The first-order chi connectivity index (χ1) is 15.5. The molecule has 0 atom stereocenters. The van der Waals surface area contributed by atoms with E-state index in [9.17, 15) is 9.59 Å². The predicted molar refractivity (Wildman–Crippen MR) is 127 cm³/mol. The van der Waals surface area contributed by atoms with Crippen molar-refractivity contribution in [2.45, 2.75) is 39.2 Å². The molecule has 0 aliphatic rings. The van der Waals surface area contributed by atoms with Gasteiger partial charge < -0.3 is 10.3 Å². The Kier molecular flexibility index (Phi) is 6.55. The molecule has 8 nitrogen and oxygen atoms in total. The van der Waals surface area contributed by atoms with Crippen LogP contribution in [-0.2, 0) is 11.3 Å². The summed E-state index contributed by atoms with van der Waals surface area (Å²) in [7, 11) is 0. The quantitative estimate of drug-likeness (QED) is 0.274. The van der Waals surface area contributed by atoms with Crippen LogP contribution in [0.15, 0.2) is 53.6 Å². The van der Waals surface area contributed by atoms with Gasteiger partial charge in [-0.05, 0) is 61.8 Å². The molecule has 1 amide bonds. The van der Waals surface area contributed by atoms with Gasteiger partial charge in [-0.3, -0.25) is 24.2 Å². The Labute approximate surface area is 189 Å². The van der Waals surface area contributed by atoms with Gasteiger partial charge in [0.15, 0.2) is 10.6 Å². The molecule has 0 bridgehead atoms. The lowest BCUT2D eigenvalue weighted by atomic mass is 10.1. The van der Waals surface area contributed by atoms with Crippen LogP contribution >= 0.6 is 12.2 Å². The number of unbranched alkanes of at least 4 members (excludes halogenated alkanes) is 2. The van der Waals surface area contributed by atoms with Crippen LogP contribution in [0.1, 0.15) is 31.4 Å². The summed E-state index contributed by atoms with van der Waals surface area (Å²) in [6.07, 6.45) is 6.06.